The van der Waals surface area contributed by atoms with E-state index in [2.05, 4.69) is 20.3 Å². The van der Waals surface area contributed by atoms with Crippen LogP contribution in [0.15, 0.2) is 61.1 Å². The van der Waals surface area contributed by atoms with Crippen LogP contribution in [0.2, 0.25) is 0 Å². The lowest BCUT2D eigenvalue weighted by Crippen LogP contribution is -2.05. The van der Waals surface area contributed by atoms with Gasteiger partial charge in [-0.2, -0.15) is 0 Å². The van der Waals surface area contributed by atoms with E-state index in [9.17, 15) is 0 Å². The molecular weight excluding hydrogens is 276 g/mol. The van der Waals surface area contributed by atoms with E-state index in [0.29, 0.717) is 12.4 Å². The molecule has 0 bridgehead atoms. The Bertz CT molecular complexity index is 729. The Kier molecular flexibility index (Phi) is 4.36. The maximum atomic E-state index is 9.12. The predicted molar refractivity (Wildman–Crippen MR) is 85.0 cm³/mol. The zero-order valence-electron chi connectivity index (χ0n) is 12.0. The van der Waals surface area contributed by atoms with Crippen molar-refractivity contribution in [1.29, 1.82) is 0 Å². The van der Waals surface area contributed by atoms with E-state index in [1.165, 1.54) is 0 Å². The highest BCUT2D eigenvalue weighted by molar-refractivity contribution is 5.71. The van der Waals surface area contributed by atoms with Gasteiger partial charge in [-0.05, 0) is 17.7 Å². The average molecular weight is 292 g/mol. The van der Waals surface area contributed by atoms with Gasteiger partial charge in [-0.1, -0.05) is 30.3 Å². The van der Waals surface area contributed by atoms with Crippen LogP contribution in [0.3, 0.4) is 0 Å². The predicted octanol–water partition coefficient (Wildman–Crippen LogP) is 2.64. The Hall–Kier alpha value is -2.79. The molecule has 22 heavy (non-hydrogen) atoms. The molecule has 0 aliphatic rings. The molecule has 0 aliphatic carbocycles. The zero-order valence-corrected chi connectivity index (χ0v) is 12.0. The van der Waals surface area contributed by atoms with Crippen LogP contribution in [0.5, 0.6) is 0 Å². The molecule has 5 nitrogen and oxygen atoms in total. The second-order valence-corrected chi connectivity index (χ2v) is 4.78. The molecule has 0 amide bonds. The van der Waals surface area contributed by atoms with Gasteiger partial charge in [-0.3, -0.25) is 9.97 Å². The summed E-state index contributed by atoms with van der Waals surface area (Å²) in [6, 6.07) is 13.4. The summed E-state index contributed by atoms with van der Waals surface area (Å²) in [6.07, 6.45) is 5.09. The minimum Gasteiger partial charge on any atom is -0.392 e. The smallest absolute Gasteiger partial charge is 0.152 e. The van der Waals surface area contributed by atoms with Crippen LogP contribution in [0.25, 0.3) is 11.3 Å². The lowest BCUT2D eigenvalue weighted by atomic mass is 10.1. The van der Waals surface area contributed by atoms with Crippen LogP contribution in [0.4, 0.5) is 5.82 Å². The van der Waals surface area contributed by atoms with Gasteiger partial charge < -0.3 is 10.4 Å². The number of nitrogens with one attached hydrogen (secondary N) is 1. The van der Waals surface area contributed by atoms with Gasteiger partial charge in [0.2, 0.25) is 0 Å². The number of aliphatic hydroxyl groups is 1. The summed E-state index contributed by atoms with van der Waals surface area (Å²) in [5.74, 6) is 0.713. The molecule has 0 unspecified atom stereocenters. The molecule has 2 N–H and O–H groups in total. The van der Waals surface area contributed by atoms with Gasteiger partial charge in [-0.25, -0.2) is 4.98 Å². The topological polar surface area (TPSA) is 70.9 Å². The maximum absolute atomic E-state index is 9.12. The van der Waals surface area contributed by atoms with Gasteiger partial charge in [0.05, 0.1) is 18.8 Å². The lowest BCUT2D eigenvalue weighted by molar-refractivity contribution is 0.282. The molecule has 1 aromatic carbocycles. The summed E-state index contributed by atoms with van der Waals surface area (Å²) in [6.45, 7) is 0.618. The quantitative estimate of drug-likeness (QED) is 0.756. The molecule has 0 fully saturated rings. The van der Waals surface area contributed by atoms with Crippen molar-refractivity contribution in [3.05, 3.63) is 72.3 Å². The number of rotatable bonds is 5. The van der Waals surface area contributed by atoms with Crippen LogP contribution in [0, 0.1) is 0 Å². The fraction of sp³-hybridized carbons (Fsp3) is 0.118. The van der Waals surface area contributed by atoms with Gasteiger partial charge in [0.25, 0.3) is 0 Å². The molecule has 5 heteroatoms. The summed E-state index contributed by atoms with van der Waals surface area (Å²) in [5.41, 5.74) is 3.54. The second kappa shape index (κ2) is 6.78. The number of nitrogens with zero attached hydrogens (tertiary/aromatic N) is 3. The minimum absolute atomic E-state index is 0.0333. The van der Waals surface area contributed by atoms with Crippen LogP contribution >= 0.6 is 0 Å². The van der Waals surface area contributed by atoms with Crippen LogP contribution in [-0.2, 0) is 13.2 Å². The third kappa shape index (κ3) is 3.27. The Labute approximate surface area is 128 Å². The highest BCUT2D eigenvalue weighted by Crippen LogP contribution is 2.24. The summed E-state index contributed by atoms with van der Waals surface area (Å²) in [4.78, 5) is 13.1. The average Bonchev–Trinajstić information content (AvgIpc) is 2.61. The van der Waals surface area contributed by atoms with Gasteiger partial charge in [0.1, 0.15) is 5.69 Å². The van der Waals surface area contributed by atoms with Crippen molar-refractivity contribution in [3.8, 4) is 11.3 Å². The standard InChI is InChI=1S/C17H16N4O/c22-12-13-4-6-14(7-5-13)16-17(20-10-9-19-16)21-11-15-3-1-2-8-18-15/h1-10,22H,11-12H2,(H,20,21). The van der Waals surface area contributed by atoms with Crippen molar-refractivity contribution in [2.24, 2.45) is 0 Å². The van der Waals surface area contributed by atoms with E-state index in [1.807, 2.05) is 42.5 Å². The number of aromatic nitrogens is 3. The third-order valence-electron chi connectivity index (χ3n) is 3.27. The molecule has 0 radical (unpaired) electrons. The number of anilines is 1. The molecule has 2 aromatic heterocycles. The fourth-order valence-electron chi connectivity index (χ4n) is 2.12. The molecule has 0 aliphatic heterocycles. The number of hydrogen-bond acceptors (Lipinski definition) is 5. The first-order valence-electron chi connectivity index (χ1n) is 7.02. The third-order valence-corrected chi connectivity index (χ3v) is 3.27. The van der Waals surface area contributed by atoms with Crippen LogP contribution in [-0.4, -0.2) is 20.1 Å². The Balaban J connectivity index is 1.83. The van der Waals surface area contributed by atoms with E-state index in [-0.39, 0.29) is 6.61 Å². The molecule has 0 saturated heterocycles. The molecule has 3 aromatic rings. The summed E-state index contributed by atoms with van der Waals surface area (Å²) >= 11 is 0. The highest BCUT2D eigenvalue weighted by atomic mass is 16.3. The van der Waals surface area contributed by atoms with Gasteiger partial charge in [0.15, 0.2) is 5.82 Å². The molecular formula is C17H16N4O. The Morgan fingerprint density at radius 1 is 0.864 bits per heavy atom. The molecule has 0 saturated carbocycles. The van der Waals surface area contributed by atoms with Gasteiger partial charge >= 0.3 is 0 Å². The molecule has 110 valence electrons. The van der Waals surface area contributed by atoms with E-state index in [0.717, 1.165) is 22.5 Å². The first kappa shape index (κ1) is 14.2. The first-order chi connectivity index (χ1) is 10.9. The number of benzene rings is 1. The van der Waals surface area contributed by atoms with Crippen molar-refractivity contribution >= 4 is 5.82 Å². The number of pyridine rings is 1. The van der Waals surface area contributed by atoms with E-state index >= 15 is 0 Å². The van der Waals surface area contributed by atoms with E-state index in [1.54, 1.807) is 18.6 Å². The minimum atomic E-state index is 0.0333. The molecule has 0 atom stereocenters. The van der Waals surface area contributed by atoms with Crippen molar-refractivity contribution in [2.75, 3.05) is 5.32 Å². The Morgan fingerprint density at radius 2 is 1.68 bits per heavy atom. The molecule has 2 heterocycles. The SMILES string of the molecule is OCc1ccc(-c2nccnc2NCc2ccccn2)cc1. The lowest BCUT2D eigenvalue weighted by Gasteiger charge is -2.10. The highest BCUT2D eigenvalue weighted by Gasteiger charge is 2.08. The second-order valence-electron chi connectivity index (χ2n) is 4.78. The number of hydrogen-bond donors (Lipinski definition) is 2. The van der Waals surface area contributed by atoms with Crippen molar-refractivity contribution < 1.29 is 5.11 Å². The van der Waals surface area contributed by atoms with Gasteiger partial charge in [0, 0.05) is 24.2 Å². The fourth-order valence-corrected chi connectivity index (χ4v) is 2.12. The van der Waals surface area contributed by atoms with E-state index in [4.69, 9.17) is 5.11 Å². The van der Waals surface area contributed by atoms with Crippen molar-refractivity contribution in [3.63, 3.8) is 0 Å². The largest absolute Gasteiger partial charge is 0.392 e. The maximum Gasteiger partial charge on any atom is 0.152 e. The summed E-state index contributed by atoms with van der Waals surface area (Å²) in [7, 11) is 0. The summed E-state index contributed by atoms with van der Waals surface area (Å²) in [5, 5.41) is 12.4. The molecule has 0 spiro atoms. The first-order valence-corrected chi connectivity index (χ1v) is 7.02. The van der Waals surface area contributed by atoms with Crippen molar-refractivity contribution in [1.82, 2.24) is 15.0 Å². The normalized spacial score (nSPS) is 10.4. The van der Waals surface area contributed by atoms with Crippen molar-refractivity contribution in [2.45, 2.75) is 13.2 Å². The molecule has 3 rings (SSSR count). The van der Waals surface area contributed by atoms with Gasteiger partial charge in [-0.15, -0.1) is 0 Å². The monoisotopic (exact) mass is 292 g/mol. The van der Waals surface area contributed by atoms with Crippen LogP contribution < -0.4 is 5.32 Å². The Morgan fingerprint density at radius 3 is 2.41 bits per heavy atom. The van der Waals surface area contributed by atoms with E-state index < -0.39 is 0 Å². The summed E-state index contributed by atoms with van der Waals surface area (Å²) < 4.78 is 0. The number of aliphatic hydroxyl groups excluding tert-OH is 1. The zero-order chi connectivity index (χ0) is 15.2. The van der Waals surface area contributed by atoms with Crippen LogP contribution in [0.1, 0.15) is 11.3 Å².